The maximum absolute atomic E-state index is 11.1. The molecule has 1 atom stereocenters. The third-order valence-corrected chi connectivity index (χ3v) is 3.59. The molecule has 0 bridgehead atoms. The van der Waals surface area contributed by atoms with Crippen molar-refractivity contribution < 1.29 is 13.5 Å². The van der Waals surface area contributed by atoms with Crippen LogP contribution in [-0.4, -0.2) is 36.6 Å². The molecule has 2 aromatic rings. The van der Waals surface area contributed by atoms with Crippen molar-refractivity contribution in [2.24, 2.45) is 0 Å². The quantitative estimate of drug-likeness (QED) is 0.901. The van der Waals surface area contributed by atoms with Gasteiger partial charge in [-0.05, 0) is 12.1 Å². The van der Waals surface area contributed by atoms with E-state index in [9.17, 15) is 13.5 Å². The number of aliphatic hydroxyl groups excluding tert-OH is 1. The lowest BCUT2D eigenvalue weighted by Crippen LogP contribution is -2.22. The minimum Gasteiger partial charge on any atom is -0.392 e. The molecule has 0 aliphatic rings. The van der Waals surface area contributed by atoms with Crippen molar-refractivity contribution in [2.45, 2.75) is 12.5 Å². The van der Waals surface area contributed by atoms with Crippen molar-refractivity contribution in [1.82, 2.24) is 4.98 Å². The number of aromatic nitrogens is 1. The number of benzene rings is 1. The fraction of sp³-hybridized carbons (Fsp3) is 0.308. The highest BCUT2D eigenvalue weighted by atomic mass is 32.2. The second-order valence-corrected chi connectivity index (χ2v) is 6.63. The lowest BCUT2D eigenvalue weighted by molar-refractivity contribution is 0.197. The van der Waals surface area contributed by atoms with Gasteiger partial charge in [0.05, 0.1) is 17.4 Å². The molecule has 1 unspecified atom stereocenters. The first kappa shape index (κ1) is 13.0. The lowest BCUT2D eigenvalue weighted by Gasteiger charge is -2.09. The van der Waals surface area contributed by atoms with E-state index in [4.69, 9.17) is 0 Å². The molecule has 1 aromatic heterocycles. The molecular formula is C13H15NO3S. The van der Waals surface area contributed by atoms with Crippen molar-refractivity contribution in [3.05, 3.63) is 42.1 Å². The summed E-state index contributed by atoms with van der Waals surface area (Å²) in [5, 5.41) is 10.7. The highest BCUT2D eigenvalue weighted by Crippen LogP contribution is 2.13. The van der Waals surface area contributed by atoms with Gasteiger partial charge in [0.2, 0.25) is 0 Å². The van der Waals surface area contributed by atoms with Gasteiger partial charge in [0.25, 0.3) is 0 Å². The Morgan fingerprint density at radius 3 is 2.67 bits per heavy atom. The Balaban J connectivity index is 2.17. The predicted molar refractivity (Wildman–Crippen MR) is 71.2 cm³/mol. The Bertz CT molecular complexity index is 652. The van der Waals surface area contributed by atoms with Gasteiger partial charge < -0.3 is 5.11 Å². The second-order valence-electron chi connectivity index (χ2n) is 4.45. The normalized spacial score (nSPS) is 13.7. The number of aliphatic hydroxyl groups is 1. The van der Waals surface area contributed by atoms with E-state index in [1.165, 1.54) is 0 Å². The molecule has 0 spiro atoms. The van der Waals surface area contributed by atoms with Crippen LogP contribution in [0.5, 0.6) is 0 Å². The van der Waals surface area contributed by atoms with Crippen LogP contribution in [0.1, 0.15) is 5.69 Å². The van der Waals surface area contributed by atoms with Crippen LogP contribution in [0, 0.1) is 0 Å². The number of hydrogen-bond donors (Lipinski definition) is 1. The minimum absolute atomic E-state index is 0.235. The average molecular weight is 265 g/mol. The maximum atomic E-state index is 11.1. The van der Waals surface area contributed by atoms with Crippen LogP contribution in [0.4, 0.5) is 0 Å². The van der Waals surface area contributed by atoms with Crippen LogP contribution in [0.15, 0.2) is 36.4 Å². The van der Waals surface area contributed by atoms with Gasteiger partial charge >= 0.3 is 0 Å². The molecule has 1 aromatic carbocycles. The third kappa shape index (κ3) is 3.51. The molecule has 0 saturated carbocycles. The number of fused-ring (bicyclic) bond motifs is 1. The van der Waals surface area contributed by atoms with Gasteiger partial charge in [-0.25, -0.2) is 8.42 Å². The Kier molecular flexibility index (Phi) is 3.63. The van der Waals surface area contributed by atoms with E-state index in [0.717, 1.165) is 17.2 Å². The third-order valence-electron chi connectivity index (χ3n) is 2.60. The molecule has 18 heavy (non-hydrogen) atoms. The van der Waals surface area contributed by atoms with Crippen molar-refractivity contribution >= 4 is 20.7 Å². The smallest absolute Gasteiger partial charge is 0.150 e. The van der Waals surface area contributed by atoms with Crippen molar-refractivity contribution in [2.75, 3.05) is 12.0 Å². The van der Waals surface area contributed by atoms with Crippen LogP contribution in [-0.2, 0) is 16.3 Å². The molecule has 4 nitrogen and oxygen atoms in total. The minimum atomic E-state index is -3.16. The number of sulfone groups is 1. The van der Waals surface area contributed by atoms with Gasteiger partial charge in [-0.15, -0.1) is 0 Å². The standard InChI is InChI=1S/C13H15NO3S/c1-18(16,17)9-12(15)8-11-7-6-10-4-2-3-5-13(10)14-11/h2-7,12,15H,8-9H2,1H3. The van der Waals surface area contributed by atoms with Crippen LogP contribution in [0.3, 0.4) is 0 Å². The number of hydrogen-bond acceptors (Lipinski definition) is 4. The van der Waals surface area contributed by atoms with Gasteiger partial charge in [-0.1, -0.05) is 24.3 Å². The van der Waals surface area contributed by atoms with E-state index in [0.29, 0.717) is 5.69 Å². The summed E-state index contributed by atoms with van der Waals surface area (Å²) in [7, 11) is -3.16. The maximum Gasteiger partial charge on any atom is 0.150 e. The topological polar surface area (TPSA) is 67.3 Å². The lowest BCUT2D eigenvalue weighted by atomic mass is 10.1. The van der Waals surface area contributed by atoms with Crippen LogP contribution in [0.2, 0.25) is 0 Å². The molecule has 0 aliphatic carbocycles. The van der Waals surface area contributed by atoms with E-state index in [2.05, 4.69) is 4.98 Å². The van der Waals surface area contributed by atoms with Gasteiger partial charge in [0.15, 0.2) is 0 Å². The van der Waals surface area contributed by atoms with E-state index in [1.54, 1.807) is 0 Å². The van der Waals surface area contributed by atoms with E-state index in [-0.39, 0.29) is 12.2 Å². The van der Waals surface area contributed by atoms with Gasteiger partial charge in [-0.2, -0.15) is 0 Å². The average Bonchev–Trinajstić information content (AvgIpc) is 2.26. The van der Waals surface area contributed by atoms with Gasteiger partial charge in [0, 0.05) is 23.8 Å². The summed E-state index contributed by atoms with van der Waals surface area (Å²) in [5.41, 5.74) is 1.55. The molecule has 2 rings (SSSR count). The number of nitrogens with zero attached hydrogens (tertiary/aromatic N) is 1. The van der Waals surface area contributed by atoms with Gasteiger partial charge in [0.1, 0.15) is 9.84 Å². The summed E-state index contributed by atoms with van der Waals surface area (Å²) in [4.78, 5) is 4.39. The molecule has 5 heteroatoms. The van der Waals surface area contributed by atoms with E-state index in [1.807, 2.05) is 36.4 Å². The highest BCUT2D eigenvalue weighted by Gasteiger charge is 2.13. The largest absolute Gasteiger partial charge is 0.392 e. The summed E-state index contributed by atoms with van der Waals surface area (Å²) in [6.07, 6.45) is 0.454. The van der Waals surface area contributed by atoms with Crippen LogP contribution < -0.4 is 0 Å². The Labute approximate surface area is 106 Å². The fourth-order valence-electron chi connectivity index (χ4n) is 1.87. The molecular weight excluding hydrogens is 250 g/mol. The van der Waals surface area contributed by atoms with Crippen molar-refractivity contribution in [1.29, 1.82) is 0 Å². The molecule has 1 heterocycles. The second kappa shape index (κ2) is 5.04. The zero-order chi connectivity index (χ0) is 13.2. The first-order chi connectivity index (χ1) is 8.44. The SMILES string of the molecule is CS(=O)(=O)CC(O)Cc1ccc2ccccc2n1. The zero-order valence-corrected chi connectivity index (χ0v) is 10.9. The predicted octanol–water partition coefficient (Wildman–Crippen LogP) is 1.18. The summed E-state index contributed by atoms with van der Waals surface area (Å²) in [6.45, 7) is 0. The Morgan fingerprint density at radius 2 is 1.94 bits per heavy atom. The summed E-state index contributed by atoms with van der Waals surface area (Å²) < 4.78 is 22.1. The molecule has 0 saturated heterocycles. The van der Waals surface area contributed by atoms with E-state index >= 15 is 0 Å². The van der Waals surface area contributed by atoms with Crippen LogP contribution >= 0.6 is 0 Å². The first-order valence-electron chi connectivity index (χ1n) is 5.64. The number of pyridine rings is 1. The van der Waals surface area contributed by atoms with Crippen molar-refractivity contribution in [3.8, 4) is 0 Å². The first-order valence-corrected chi connectivity index (χ1v) is 7.70. The number of para-hydroxylation sites is 1. The van der Waals surface area contributed by atoms with E-state index < -0.39 is 15.9 Å². The Morgan fingerprint density at radius 1 is 1.22 bits per heavy atom. The number of rotatable bonds is 4. The van der Waals surface area contributed by atoms with Gasteiger partial charge in [-0.3, -0.25) is 4.98 Å². The zero-order valence-electron chi connectivity index (χ0n) is 10.1. The summed E-state index contributed by atoms with van der Waals surface area (Å²) in [5.74, 6) is -0.235. The Hall–Kier alpha value is -1.46. The molecule has 0 radical (unpaired) electrons. The molecule has 0 amide bonds. The van der Waals surface area contributed by atoms with Crippen LogP contribution in [0.25, 0.3) is 10.9 Å². The molecule has 0 fully saturated rings. The highest BCUT2D eigenvalue weighted by molar-refractivity contribution is 7.90. The summed E-state index contributed by atoms with van der Waals surface area (Å²) >= 11 is 0. The monoisotopic (exact) mass is 265 g/mol. The fourth-order valence-corrected chi connectivity index (χ4v) is 2.69. The molecule has 96 valence electrons. The molecule has 1 N–H and O–H groups in total. The summed E-state index contributed by atoms with van der Waals surface area (Å²) in [6, 6.07) is 11.4. The molecule has 0 aliphatic heterocycles. The van der Waals surface area contributed by atoms with Crippen molar-refractivity contribution in [3.63, 3.8) is 0 Å².